The minimum atomic E-state index is -2.52. The van der Waals surface area contributed by atoms with E-state index in [1.165, 1.54) is 23.6 Å². The Morgan fingerprint density at radius 3 is 2.73 bits per heavy atom. The van der Waals surface area contributed by atoms with Crippen molar-refractivity contribution in [2.45, 2.75) is 6.43 Å². The van der Waals surface area contributed by atoms with Gasteiger partial charge in [-0.15, -0.1) is 11.3 Å². The minimum Gasteiger partial charge on any atom is -0.478 e. The average molecular weight is 228 g/mol. The number of hydrogen-bond donors (Lipinski definition) is 1. The number of carboxylic acid groups (broad SMARTS) is 1. The van der Waals surface area contributed by atoms with E-state index in [4.69, 9.17) is 5.11 Å². The van der Waals surface area contributed by atoms with Crippen LogP contribution in [0, 0.1) is 0 Å². The van der Waals surface area contributed by atoms with Crippen molar-refractivity contribution < 1.29 is 18.7 Å². The Morgan fingerprint density at radius 2 is 2.13 bits per heavy atom. The van der Waals surface area contributed by atoms with Gasteiger partial charge in [-0.1, -0.05) is 6.07 Å². The fourth-order valence-electron chi connectivity index (χ4n) is 1.35. The van der Waals surface area contributed by atoms with Gasteiger partial charge in [-0.25, -0.2) is 13.6 Å². The third-order valence-electron chi connectivity index (χ3n) is 2.09. The summed E-state index contributed by atoms with van der Waals surface area (Å²) in [5, 5.41) is 10.5. The lowest BCUT2D eigenvalue weighted by atomic mass is 10.1. The van der Waals surface area contributed by atoms with Gasteiger partial charge < -0.3 is 5.11 Å². The Hall–Kier alpha value is -1.49. The molecule has 2 rings (SSSR count). The number of fused-ring (bicyclic) bond motifs is 1. The predicted octanol–water partition coefficient (Wildman–Crippen LogP) is 3.54. The molecule has 0 fully saturated rings. The number of thiophene rings is 1. The molecule has 2 nitrogen and oxygen atoms in total. The maximum absolute atomic E-state index is 12.5. The van der Waals surface area contributed by atoms with Crippen molar-refractivity contribution in [2.75, 3.05) is 0 Å². The summed E-state index contributed by atoms with van der Waals surface area (Å²) in [4.78, 5) is 10.6. The number of rotatable bonds is 2. The maximum atomic E-state index is 12.5. The molecular weight excluding hydrogens is 222 g/mol. The highest BCUT2D eigenvalue weighted by Crippen LogP contribution is 2.33. The zero-order valence-corrected chi connectivity index (χ0v) is 8.22. The number of hydrogen-bond acceptors (Lipinski definition) is 2. The van der Waals surface area contributed by atoms with Gasteiger partial charge in [0.2, 0.25) is 0 Å². The first-order chi connectivity index (χ1) is 7.09. The first kappa shape index (κ1) is 10.0. The van der Waals surface area contributed by atoms with E-state index in [9.17, 15) is 13.6 Å². The van der Waals surface area contributed by atoms with Gasteiger partial charge in [0.05, 0.1) is 5.56 Å². The summed E-state index contributed by atoms with van der Waals surface area (Å²) in [6.45, 7) is 0. The second-order valence-electron chi connectivity index (χ2n) is 3.01. The lowest BCUT2D eigenvalue weighted by molar-refractivity contribution is 0.0697. The van der Waals surface area contributed by atoms with Crippen molar-refractivity contribution in [3.8, 4) is 0 Å². The van der Waals surface area contributed by atoms with Crippen LogP contribution in [0.15, 0.2) is 23.6 Å². The van der Waals surface area contributed by atoms with Crippen LogP contribution in [0.3, 0.4) is 0 Å². The zero-order valence-electron chi connectivity index (χ0n) is 7.41. The lowest BCUT2D eigenvalue weighted by Crippen LogP contribution is -1.94. The smallest absolute Gasteiger partial charge is 0.335 e. The molecule has 0 saturated heterocycles. The number of benzene rings is 1. The zero-order chi connectivity index (χ0) is 11.0. The van der Waals surface area contributed by atoms with Crippen LogP contribution in [0.4, 0.5) is 8.78 Å². The van der Waals surface area contributed by atoms with Crippen LogP contribution in [0.1, 0.15) is 22.3 Å². The first-order valence-electron chi connectivity index (χ1n) is 4.12. The van der Waals surface area contributed by atoms with Gasteiger partial charge in [0.1, 0.15) is 0 Å². The van der Waals surface area contributed by atoms with Gasteiger partial charge in [0, 0.05) is 21.0 Å². The SMILES string of the molecule is O=C(O)c1ccc2c(C(F)F)csc2c1. The number of carbonyl (C=O) groups is 1. The van der Waals surface area contributed by atoms with Crippen LogP contribution < -0.4 is 0 Å². The van der Waals surface area contributed by atoms with Gasteiger partial charge in [0.15, 0.2) is 0 Å². The van der Waals surface area contributed by atoms with Crippen molar-refractivity contribution in [2.24, 2.45) is 0 Å². The molecule has 0 aliphatic carbocycles. The van der Waals surface area contributed by atoms with Gasteiger partial charge in [-0.2, -0.15) is 0 Å². The normalized spacial score (nSPS) is 11.1. The van der Waals surface area contributed by atoms with Gasteiger partial charge in [-0.3, -0.25) is 0 Å². The van der Waals surface area contributed by atoms with E-state index in [1.807, 2.05) is 0 Å². The Balaban J connectivity index is 2.61. The third kappa shape index (κ3) is 1.70. The monoisotopic (exact) mass is 228 g/mol. The van der Waals surface area contributed by atoms with Crippen LogP contribution in [0.25, 0.3) is 10.1 Å². The third-order valence-corrected chi connectivity index (χ3v) is 3.05. The number of aromatic carboxylic acids is 1. The van der Waals surface area contributed by atoms with Gasteiger partial charge >= 0.3 is 5.97 Å². The predicted molar refractivity (Wildman–Crippen MR) is 53.7 cm³/mol. The summed E-state index contributed by atoms with van der Waals surface area (Å²) in [6.07, 6.45) is -2.52. The maximum Gasteiger partial charge on any atom is 0.335 e. The Morgan fingerprint density at radius 1 is 1.40 bits per heavy atom. The molecule has 0 amide bonds. The molecule has 0 saturated carbocycles. The van der Waals surface area contributed by atoms with Crippen LogP contribution in [0.2, 0.25) is 0 Å². The van der Waals surface area contributed by atoms with E-state index >= 15 is 0 Å². The second-order valence-corrected chi connectivity index (χ2v) is 3.92. The molecule has 1 heterocycles. The summed E-state index contributed by atoms with van der Waals surface area (Å²) < 4.78 is 25.5. The highest BCUT2D eigenvalue weighted by Gasteiger charge is 2.14. The first-order valence-corrected chi connectivity index (χ1v) is 5.00. The number of carboxylic acids is 1. The van der Waals surface area contributed by atoms with Crippen LogP contribution in [-0.4, -0.2) is 11.1 Å². The number of halogens is 2. The van der Waals surface area contributed by atoms with E-state index in [1.54, 1.807) is 0 Å². The summed E-state index contributed by atoms with van der Waals surface area (Å²) in [5.41, 5.74) is 0.0807. The van der Waals surface area contributed by atoms with E-state index < -0.39 is 12.4 Å². The Bertz CT molecular complexity index is 519. The summed E-state index contributed by atoms with van der Waals surface area (Å²) in [6, 6.07) is 4.17. The highest BCUT2D eigenvalue weighted by molar-refractivity contribution is 7.17. The molecule has 0 radical (unpaired) electrons. The topological polar surface area (TPSA) is 37.3 Å². The minimum absolute atomic E-state index is 0.0352. The van der Waals surface area contributed by atoms with Crippen molar-refractivity contribution in [3.05, 3.63) is 34.7 Å². The standard InChI is InChI=1S/C10H6F2O2S/c11-9(12)7-4-15-8-3-5(10(13)14)1-2-6(7)8/h1-4,9H,(H,13,14). The average Bonchev–Trinajstić information content (AvgIpc) is 2.59. The van der Waals surface area contributed by atoms with Crippen LogP contribution in [0.5, 0.6) is 0 Å². The second kappa shape index (κ2) is 3.58. The van der Waals surface area contributed by atoms with Crippen molar-refractivity contribution in [1.29, 1.82) is 0 Å². The summed E-state index contributed by atoms with van der Waals surface area (Å²) in [7, 11) is 0. The van der Waals surface area contributed by atoms with Crippen molar-refractivity contribution in [1.82, 2.24) is 0 Å². The molecule has 1 aromatic carbocycles. The molecule has 0 aliphatic rings. The van der Waals surface area contributed by atoms with E-state index in [0.717, 1.165) is 11.3 Å². The number of alkyl halides is 2. The Kier molecular flexibility index (Phi) is 2.40. The fourth-order valence-corrected chi connectivity index (χ4v) is 2.34. The highest BCUT2D eigenvalue weighted by atomic mass is 32.1. The summed E-state index contributed by atoms with van der Waals surface area (Å²) in [5.74, 6) is -1.05. The van der Waals surface area contributed by atoms with E-state index in [2.05, 4.69) is 0 Å². The summed E-state index contributed by atoms with van der Waals surface area (Å²) >= 11 is 1.13. The molecular formula is C10H6F2O2S. The van der Waals surface area contributed by atoms with Gasteiger partial charge in [0.25, 0.3) is 6.43 Å². The van der Waals surface area contributed by atoms with Crippen molar-refractivity contribution >= 4 is 27.4 Å². The molecule has 1 aromatic heterocycles. The molecule has 78 valence electrons. The van der Waals surface area contributed by atoms with Crippen LogP contribution in [-0.2, 0) is 0 Å². The van der Waals surface area contributed by atoms with E-state index in [-0.39, 0.29) is 11.1 Å². The van der Waals surface area contributed by atoms with Crippen molar-refractivity contribution in [3.63, 3.8) is 0 Å². The fraction of sp³-hybridized carbons (Fsp3) is 0.100. The molecule has 1 N–H and O–H groups in total. The van der Waals surface area contributed by atoms with E-state index in [0.29, 0.717) is 10.1 Å². The Labute approximate surface area is 87.8 Å². The molecule has 15 heavy (non-hydrogen) atoms. The largest absolute Gasteiger partial charge is 0.478 e. The van der Waals surface area contributed by atoms with Crippen LogP contribution >= 0.6 is 11.3 Å². The molecule has 0 spiro atoms. The molecule has 0 unspecified atom stereocenters. The quantitative estimate of drug-likeness (QED) is 0.853. The molecule has 0 atom stereocenters. The molecule has 2 aromatic rings. The lowest BCUT2D eigenvalue weighted by Gasteiger charge is -1.97. The molecule has 0 aliphatic heterocycles. The molecule has 0 bridgehead atoms. The van der Waals surface area contributed by atoms with Gasteiger partial charge in [-0.05, 0) is 12.1 Å². The molecule has 5 heteroatoms.